The third-order valence-electron chi connectivity index (χ3n) is 3.24. The Balaban J connectivity index is 1.75. The number of thiophene rings is 1. The van der Waals surface area contributed by atoms with Gasteiger partial charge in [-0.3, -0.25) is 0 Å². The quantitative estimate of drug-likeness (QED) is 0.768. The number of furan rings is 1. The fourth-order valence-corrected chi connectivity index (χ4v) is 2.69. The highest BCUT2D eigenvalue weighted by atomic mass is 32.1. The summed E-state index contributed by atoms with van der Waals surface area (Å²) in [5.74, 6) is 0.691. The summed E-state index contributed by atoms with van der Waals surface area (Å²) in [6.45, 7) is 4.29. The van der Waals surface area contributed by atoms with Crippen molar-refractivity contribution in [3.63, 3.8) is 0 Å². The Morgan fingerprint density at radius 2 is 2.24 bits per heavy atom. The lowest BCUT2D eigenvalue weighted by Crippen LogP contribution is -2.44. The van der Waals surface area contributed by atoms with Gasteiger partial charge >= 0.3 is 6.03 Å². The molecule has 2 atom stereocenters. The molecule has 21 heavy (non-hydrogen) atoms. The Kier molecular flexibility index (Phi) is 5.03. The first kappa shape index (κ1) is 15.6. The zero-order valence-electron chi connectivity index (χ0n) is 12.1. The maximum atomic E-state index is 11.8. The maximum absolute atomic E-state index is 11.8. The van der Waals surface area contributed by atoms with Crippen LogP contribution in [0, 0.1) is 0 Å². The van der Waals surface area contributed by atoms with Gasteiger partial charge in [-0.2, -0.15) is 0 Å². The predicted octanol–water partition coefficient (Wildman–Crippen LogP) is 2.65. The van der Waals surface area contributed by atoms with Gasteiger partial charge in [-0.05, 0) is 30.5 Å². The smallest absolute Gasteiger partial charge is 0.314 e. The number of aliphatic hydroxyl groups is 1. The molecule has 2 aromatic heterocycles. The van der Waals surface area contributed by atoms with Crippen LogP contribution in [0.4, 0.5) is 4.79 Å². The fraction of sp³-hybridized carbons (Fsp3) is 0.400. The lowest BCUT2D eigenvalue weighted by molar-refractivity contribution is 0.0367. The normalized spacial score (nSPS) is 15.2. The molecule has 0 saturated heterocycles. The molecule has 0 aliphatic heterocycles. The first-order valence-corrected chi connectivity index (χ1v) is 7.68. The van der Waals surface area contributed by atoms with Crippen molar-refractivity contribution in [3.8, 4) is 0 Å². The first-order valence-electron chi connectivity index (χ1n) is 6.80. The molecule has 0 spiro atoms. The molecular weight excluding hydrogens is 288 g/mol. The van der Waals surface area contributed by atoms with Gasteiger partial charge in [0.1, 0.15) is 11.4 Å². The number of hydrogen-bond donors (Lipinski definition) is 3. The summed E-state index contributed by atoms with van der Waals surface area (Å²) >= 11 is 1.67. The van der Waals surface area contributed by atoms with E-state index in [1.54, 1.807) is 30.4 Å². The number of nitrogens with one attached hydrogen (secondary N) is 2. The van der Waals surface area contributed by atoms with Gasteiger partial charge in [-0.15, -0.1) is 11.3 Å². The van der Waals surface area contributed by atoms with Gasteiger partial charge in [-0.25, -0.2) is 4.79 Å². The zero-order valence-corrected chi connectivity index (χ0v) is 12.9. The van der Waals surface area contributed by atoms with Crippen molar-refractivity contribution in [2.24, 2.45) is 0 Å². The summed E-state index contributed by atoms with van der Waals surface area (Å²) in [4.78, 5) is 13.0. The van der Waals surface area contributed by atoms with E-state index in [1.165, 1.54) is 11.1 Å². The summed E-state index contributed by atoms with van der Waals surface area (Å²) in [7, 11) is 0. The number of rotatable bonds is 6. The van der Waals surface area contributed by atoms with Gasteiger partial charge < -0.3 is 20.2 Å². The third-order valence-corrected chi connectivity index (χ3v) is 4.35. The Labute approximate surface area is 128 Å². The number of amides is 2. The van der Waals surface area contributed by atoms with Gasteiger partial charge in [0.15, 0.2) is 0 Å². The van der Waals surface area contributed by atoms with E-state index in [1.807, 2.05) is 11.4 Å². The molecule has 114 valence electrons. The summed E-state index contributed by atoms with van der Waals surface area (Å²) in [6.07, 6.45) is 1.49. The SMILES string of the molecule is CC(CNC(=O)NCC(C)(O)c1ccco1)c1cccs1. The second-order valence-electron chi connectivity index (χ2n) is 5.23. The highest BCUT2D eigenvalue weighted by Gasteiger charge is 2.26. The van der Waals surface area contributed by atoms with Crippen molar-refractivity contribution in [2.75, 3.05) is 13.1 Å². The molecule has 0 aliphatic rings. The Hall–Kier alpha value is -1.79. The minimum Gasteiger partial charge on any atom is -0.466 e. The minimum atomic E-state index is -1.22. The van der Waals surface area contributed by atoms with Crippen LogP contribution in [0.25, 0.3) is 0 Å². The van der Waals surface area contributed by atoms with E-state index in [-0.39, 0.29) is 18.5 Å². The molecule has 2 amide bonds. The van der Waals surface area contributed by atoms with Gasteiger partial charge in [0.05, 0.1) is 12.8 Å². The molecule has 2 heterocycles. The number of hydrogen-bond acceptors (Lipinski definition) is 4. The van der Waals surface area contributed by atoms with E-state index in [9.17, 15) is 9.90 Å². The lowest BCUT2D eigenvalue weighted by Gasteiger charge is -2.21. The molecule has 2 unspecified atom stereocenters. The van der Waals surface area contributed by atoms with E-state index >= 15 is 0 Å². The Morgan fingerprint density at radius 1 is 1.43 bits per heavy atom. The summed E-state index contributed by atoms with van der Waals surface area (Å²) < 4.78 is 5.16. The molecule has 2 aromatic rings. The van der Waals surface area contributed by atoms with Crippen molar-refractivity contribution in [1.29, 1.82) is 0 Å². The van der Waals surface area contributed by atoms with Crippen molar-refractivity contribution in [1.82, 2.24) is 10.6 Å². The molecular formula is C15H20N2O3S. The number of carbonyl (C=O) groups excluding carboxylic acids is 1. The molecule has 6 heteroatoms. The maximum Gasteiger partial charge on any atom is 0.314 e. The summed E-state index contributed by atoms with van der Waals surface area (Å²) in [5, 5.41) is 17.7. The molecule has 0 bridgehead atoms. The van der Waals surface area contributed by atoms with Crippen molar-refractivity contribution in [3.05, 3.63) is 46.5 Å². The largest absolute Gasteiger partial charge is 0.466 e. The van der Waals surface area contributed by atoms with Crippen LogP contribution in [0.5, 0.6) is 0 Å². The van der Waals surface area contributed by atoms with Crippen LogP contribution in [0.2, 0.25) is 0 Å². The summed E-state index contributed by atoms with van der Waals surface area (Å²) in [6, 6.07) is 7.13. The van der Waals surface area contributed by atoms with Gasteiger partial charge in [0.25, 0.3) is 0 Å². The average molecular weight is 308 g/mol. The monoisotopic (exact) mass is 308 g/mol. The molecule has 0 aliphatic carbocycles. The Morgan fingerprint density at radius 3 is 2.86 bits per heavy atom. The second-order valence-corrected chi connectivity index (χ2v) is 6.21. The van der Waals surface area contributed by atoms with Gasteiger partial charge in [0.2, 0.25) is 0 Å². The van der Waals surface area contributed by atoms with Crippen LogP contribution in [0.15, 0.2) is 40.3 Å². The van der Waals surface area contributed by atoms with Crippen LogP contribution in [0.3, 0.4) is 0 Å². The molecule has 0 fully saturated rings. The second kappa shape index (κ2) is 6.78. The molecule has 5 nitrogen and oxygen atoms in total. The van der Waals surface area contributed by atoms with Crippen molar-refractivity contribution in [2.45, 2.75) is 25.4 Å². The topological polar surface area (TPSA) is 74.5 Å². The van der Waals surface area contributed by atoms with Gasteiger partial charge in [-0.1, -0.05) is 13.0 Å². The highest BCUT2D eigenvalue weighted by Crippen LogP contribution is 2.20. The summed E-state index contributed by atoms with van der Waals surface area (Å²) in [5.41, 5.74) is -1.22. The molecule has 0 radical (unpaired) electrons. The minimum absolute atomic E-state index is 0.0831. The molecule has 0 aromatic carbocycles. The van der Waals surface area contributed by atoms with E-state index in [0.29, 0.717) is 12.3 Å². The van der Waals surface area contributed by atoms with Gasteiger partial charge in [0, 0.05) is 17.3 Å². The van der Waals surface area contributed by atoms with Crippen LogP contribution in [-0.4, -0.2) is 24.2 Å². The highest BCUT2D eigenvalue weighted by molar-refractivity contribution is 7.10. The number of carbonyl (C=O) groups is 1. The standard InChI is InChI=1S/C15H20N2O3S/c1-11(12-5-4-8-21-12)9-16-14(18)17-10-15(2,19)13-6-3-7-20-13/h3-8,11,19H,9-10H2,1-2H3,(H2,16,17,18). The predicted molar refractivity (Wildman–Crippen MR) is 82.4 cm³/mol. The molecule has 3 N–H and O–H groups in total. The average Bonchev–Trinajstić information content (AvgIpc) is 3.14. The lowest BCUT2D eigenvalue weighted by atomic mass is 10.0. The van der Waals surface area contributed by atoms with Crippen molar-refractivity contribution >= 4 is 17.4 Å². The third kappa shape index (κ3) is 4.34. The first-order chi connectivity index (χ1) is 9.99. The van der Waals surface area contributed by atoms with E-state index in [0.717, 1.165) is 0 Å². The van der Waals surface area contributed by atoms with Crippen LogP contribution >= 0.6 is 11.3 Å². The van der Waals surface area contributed by atoms with E-state index in [4.69, 9.17) is 4.42 Å². The van der Waals surface area contributed by atoms with Crippen LogP contribution < -0.4 is 10.6 Å². The van der Waals surface area contributed by atoms with Crippen LogP contribution in [-0.2, 0) is 5.60 Å². The van der Waals surface area contributed by atoms with Crippen molar-refractivity contribution < 1.29 is 14.3 Å². The zero-order chi connectivity index (χ0) is 15.3. The molecule has 0 saturated carbocycles. The Bertz CT molecular complexity index is 550. The molecule has 2 rings (SSSR count). The van der Waals surface area contributed by atoms with Crippen LogP contribution in [0.1, 0.15) is 30.4 Å². The van der Waals surface area contributed by atoms with E-state index < -0.39 is 5.60 Å². The number of urea groups is 1. The fourth-order valence-electron chi connectivity index (χ4n) is 1.91. The van der Waals surface area contributed by atoms with E-state index in [2.05, 4.69) is 23.6 Å².